The van der Waals surface area contributed by atoms with Crippen molar-refractivity contribution in [3.8, 4) is 0 Å². The fourth-order valence-electron chi connectivity index (χ4n) is 3.79. The monoisotopic (exact) mass is 467 g/mol. The highest BCUT2D eigenvalue weighted by atomic mass is 32.2. The minimum absolute atomic E-state index is 0.206. The molecule has 1 unspecified atom stereocenters. The molecule has 0 fully saturated rings. The third-order valence-corrected chi connectivity index (χ3v) is 7.13. The maximum Gasteiger partial charge on any atom is 0.352 e. The van der Waals surface area contributed by atoms with E-state index in [9.17, 15) is 13.2 Å². The van der Waals surface area contributed by atoms with Gasteiger partial charge in [-0.1, -0.05) is 68.4 Å². The molecule has 1 atom stereocenters. The first-order valence-corrected chi connectivity index (χ1v) is 12.1. The number of hydrogen-bond acceptors (Lipinski definition) is 7. The highest BCUT2D eigenvalue weighted by Gasteiger charge is 2.34. The molecule has 0 aliphatic carbocycles. The number of rotatable bonds is 7. The number of benzene rings is 2. The second-order valence-corrected chi connectivity index (χ2v) is 9.14. The average molecular weight is 468 g/mol. The molecule has 1 N–H and O–H groups in total. The number of hydrogen-bond donors (Lipinski definition) is 1. The SMILES string of the molecule is CCN(CC)S(=O)(=O)NC(=O)N1CC(c2ccccc2)C(c2ccc(C3=NCN=N3)cc2)=N1. The lowest BCUT2D eigenvalue weighted by molar-refractivity contribution is 0.209. The maximum atomic E-state index is 12.8. The molecule has 0 spiro atoms. The van der Waals surface area contributed by atoms with Gasteiger partial charge in [0.15, 0.2) is 12.5 Å². The fourth-order valence-corrected chi connectivity index (χ4v) is 4.93. The molecule has 2 heterocycles. The van der Waals surface area contributed by atoms with Gasteiger partial charge in [0, 0.05) is 24.6 Å². The van der Waals surface area contributed by atoms with Crippen molar-refractivity contribution in [3.63, 3.8) is 0 Å². The van der Waals surface area contributed by atoms with Crippen molar-refractivity contribution in [2.24, 2.45) is 20.3 Å². The average Bonchev–Trinajstić information content (AvgIpc) is 3.51. The van der Waals surface area contributed by atoms with Gasteiger partial charge in [0.25, 0.3) is 0 Å². The molecule has 0 radical (unpaired) electrons. The molecule has 172 valence electrons. The number of amidine groups is 1. The van der Waals surface area contributed by atoms with Crippen molar-refractivity contribution < 1.29 is 13.2 Å². The standard InChI is InChI=1S/C22H25N7O3S/c1-3-28(4-2)33(31,32)27-22(30)29-14-19(16-8-6-5-7-9-16)20(26-29)17-10-12-18(13-11-17)21-23-15-24-25-21/h5-13,19H,3-4,14-15H2,1-2H3,(H,27,30). The van der Waals surface area contributed by atoms with Gasteiger partial charge < -0.3 is 0 Å². The van der Waals surface area contributed by atoms with Crippen molar-refractivity contribution >= 4 is 27.8 Å². The summed E-state index contributed by atoms with van der Waals surface area (Å²) in [5.41, 5.74) is 3.33. The summed E-state index contributed by atoms with van der Waals surface area (Å²) in [7, 11) is -3.95. The molecule has 0 aromatic heterocycles. The number of carbonyl (C=O) groups is 1. The van der Waals surface area contributed by atoms with Crippen LogP contribution in [0.1, 0.15) is 36.5 Å². The highest BCUT2D eigenvalue weighted by Crippen LogP contribution is 2.29. The van der Waals surface area contributed by atoms with Crippen molar-refractivity contribution in [3.05, 3.63) is 71.3 Å². The van der Waals surface area contributed by atoms with E-state index in [1.807, 2.05) is 54.6 Å². The summed E-state index contributed by atoms with van der Waals surface area (Å²) >= 11 is 0. The predicted octanol–water partition coefficient (Wildman–Crippen LogP) is 2.96. The quantitative estimate of drug-likeness (QED) is 0.674. The molecule has 2 aliphatic heterocycles. The van der Waals surface area contributed by atoms with Crippen LogP contribution in [0.5, 0.6) is 0 Å². The molecule has 0 saturated carbocycles. The molecule has 11 heteroatoms. The number of nitrogens with zero attached hydrogens (tertiary/aromatic N) is 6. The first-order chi connectivity index (χ1) is 15.9. The van der Waals surface area contributed by atoms with Gasteiger partial charge in [-0.3, -0.25) is 0 Å². The Morgan fingerprint density at radius 1 is 1.06 bits per heavy atom. The third kappa shape index (κ3) is 4.83. The molecular weight excluding hydrogens is 442 g/mol. The Morgan fingerprint density at radius 3 is 2.33 bits per heavy atom. The lowest BCUT2D eigenvalue weighted by Crippen LogP contribution is -2.47. The molecule has 2 amide bonds. The number of hydrazone groups is 1. The number of azo groups is 1. The van der Waals surface area contributed by atoms with E-state index in [1.165, 1.54) is 9.31 Å². The van der Waals surface area contributed by atoms with Crippen LogP contribution in [0.25, 0.3) is 0 Å². The van der Waals surface area contributed by atoms with Crippen LogP contribution in [0.2, 0.25) is 0 Å². The van der Waals surface area contributed by atoms with E-state index >= 15 is 0 Å². The van der Waals surface area contributed by atoms with Crippen LogP contribution in [-0.2, 0) is 10.2 Å². The van der Waals surface area contributed by atoms with Crippen LogP contribution in [0.4, 0.5) is 4.79 Å². The van der Waals surface area contributed by atoms with Gasteiger partial charge in [-0.05, 0) is 11.1 Å². The summed E-state index contributed by atoms with van der Waals surface area (Å²) in [5.74, 6) is 0.375. The number of amides is 2. The number of nitrogens with one attached hydrogen (secondary N) is 1. The van der Waals surface area contributed by atoms with Crippen molar-refractivity contribution in [1.29, 1.82) is 0 Å². The second-order valence-electron chi connectivity index (χ2n) is 7.47. The van der Waals surface area contributed by atoms with Gasteiger partial charge in [-0.25, -0.2) is 19.5 Å². The molecule has 2 aliphatic rings. The van der Waals surface area contributed by atoms with Gasteiger partial charge >= 0.3 is 16.2 Å². The van der Waals surface area contributed by atoms with E-state index in [0.717, 1.165) is 16.7 Å². The fraction of sp³-hybridized carbons (Fsp3) is 0.318. The topological polar surface area (TPSA) is 119 Å². The number of urea groups is 1. The van der Waals surface area contributed by atoms with E-state index in [2.05, 4.69) is 25.0 Å². The Balaban J connectivity index is 1.62. The van der Waals surface area contributed by atoms with Crippen molar-refractivity contribution in [1.82, 2.24) is 14.0 Å². The van der Waals surface area contributed by atoms with Crippen LogP contribution < -0.4 is 4.72 Å². The highest BCUT2D eigenvalue weighted by molar-refractivity contribution is 7.87. The van der Waals surface area contributed by atoms with E-state index in [1.54, 1.807) is 13.8 Å². The molecule has 33 heavy (non-hydrogen) atoms. The largest absolute Gasteiger partial charge is 0.352 e. The van der Waals surface area contributed by atoms with E-state index in [0.29, 0.717) is 18.2 Å². The minimum atomic E-state index is -3.95. The molecular formula is C22H25N7O3S. The summed E-state index contributed by atoms with van der Waals surface area (Å²) in [5, 5.41) is 13.6. The summed E-state index contributed by atoms with van der Waals surface area (Å²) in [4.78, 5) is 17.1. The van der Waals surface area contributed by atoms with Crippen molar-refractivity contribution in [2.75, 3.05) is 26.3 Å². The summed E-state index contributed by atoms with van der Waals surface area (Å²) < 4.78 is 28.3. The zero-order valence-electron chi connectivity index (χ0n) is 18.4. The lowest BCUT2D eigenvalue weighted by Gasteiger charge is -2.21. The van der Waals surface area contributed by atoms with E-state index in [-0.39, 0.29) is 25.6 Å². The Bertz CT molecular complexity index is 1200. The first-order valence-electron chi connectivity index (χ1n) is 10.7. The number of aliphatic imine (C=N–C) groups is 1. The Kier molecular flexibility index (Phi) is 6.61. The smallest absolute Gasteiger partial charge is 0.245 e. The van der Waals surface area contributed by atoms with Crippen LogP contribution in [0.3, 0.4) is 0 Å². The zero-order valence-corrected chi connectivity index (χ0v) is 19.2. The number of carbonyl (C=O) groups excluding carboxylic acids is 1. The maximum absolute atomic E-state index is 12.8. The Labute approximate surface area is 192 Å². The molecule has 2 aromatic rings. The summed E-state index contributed by atoms with van der Waals surface area (Å²) in [6, 6.07) is 16.5. The van der Waals surface area contributed by atoms with E-state index in [4.69, 9.17) is 0 Å². The van der Waals surface area contributed by atoms with E-state index < -0.39 is 16.2 Å². The lowest BCUT2D eigenvalue weighted by atomic mass is 9.90. The predicted molar refractivity (Wildman–Crippen MR) is 126 cm³/mol. The Morgan fingerprint density at radius 2 is 1.73 bits per heavy atom. The van der Waals surface area contributed by atoms with Gasteiger partial charge in [0.2, 0.25) is 0 Å². The molecule has 4 rings (SSSR count). The zero-order chi connectivity index (χ0) is 23.4. The molecule has 10 nitrogen and oxygen atoms in total. The third-order valence-electron chi connectivity index (χ3n) is 5.50. The van der Waals surface area contributed by atoms with Crippen molar-refractivity contribution in [2.45, 2.75) is 19.8 Å². The molecule has 0 saturated heterocycles. The minimum Gasteiger partial charge on any atom is -0.245 e. The van der Waals surface area contributed by atoms with Gasteiger partial charge in [-0.2, -0.15) is 22.9 Å². The Hall–Kier alpha value is -3.44. The van der Waals surface area contributed by atoms with Crippen LogP contribution >= 0.6 is 0 Å². The first kappa shape index (κ1) is 22.7. The molecule has 0 bridgehead atoms. The van der Waals surface area contributed by atoms with Crippen LogP contribution in [-0.4, -0.2) is 61.6 Å². The van der Waals surface area contributed by atoms with Crippen LogP contribution in [0.15, 0.2) is 74.9 Å². The second kappa shape index (κ2) is 9.59. The van der Waals surface area contributed by atoms with Crippen LogP contribution in [0, 0.1) is 0 Å². The normalized spacial score (nSPS) is 17.9. The van der Waals surface area contributed by atoms with Gasteiger partial charge in [-0.15, -0.1) is 5.11 Å². The summed E-state index contributed by atoms with van der Waals surface area (Å²) in [6.45, 7) is 4.51. The summed E-state index contributed by atoms with van der Waals surface area (Å²) in [6.07, 6.45) is 0. The van der Waals surface area contributed by atoms with Gasteiger partial charge in [0.1, 0.15) is 0 Å². The van der Waals surface area contributed by atoms with Gasteiger partial charge in [0.05, 0.1) is 12.3 Å². The molecule has 2 aromatic carbocycles.